The summed E-state index contributed by atoms with van der Waals surface area (Å²) in [6.45, 7) is 15.4. The molecule has 0 aromatic carbocycles. The zero-order chi connectivity index (χ0) is 12.9. The van der Waals surface area contributed by atoms with Crippen molar-refractivity contribution in [1.82, 2.24) is 10.2 Å². The molecule has 1 aliphatic rings. The Hall–Kier alpha value is -0.0800. The van der Waals surface area contributed by atoms with Crippen LogP contribution in [0.1, 0.15) is 60.3 Å². The molecular weight excluding hydrogens is 208 g/mol. The molecule has 1 saturated heterocycles. The third-order valence-corrected chi connectivity index (χ3v) is 4.07. The Balaban J connectivity index is 2.50. The van der Waals surface area contributed by atoms with Crippen LogP contribution in [-0.4, -0.2) is 36.6 Å². The van der Waals surface area contributed by atoms with Crippen molar-refractivity contribution in [2.75, 3.05) is 19.6 Å². The molecule has 0 saturated carbocycles. The maximum absolute atomic E-state index is 3.63. The van der Waals surface area contributed by atoms with E-state index in [1.165, 1.54) is 38.8 Å². The van der Waals surface area contributed by atoms with Gasteiger partial charge < -0.3 is 10.2 Å². The second kappa shape index (κ2) is 6.75. The van der Waals surface area contributed by atoms with E-state index in [4.69, 9.17) is 0 Å². The molecule has 0 spiro atoms. The van der Waals surface area contributed by atoms with Gasteiger partial charge in [0.1, 0.15) is 0 Å². The van der Waals surface area contributed by atoms with Gasteiger partial charge in [0.15, 0.2) is 0 Å². The fourth-order valence-electron chi connectivity index (χ4n) is 3.00. The molecule has 0 aromatic rings. The first-order valence-electron chi connectivity index (χ1n) is 7.44. The molecule has 0 radical (unpaired) electrons. The smallest absolute Gasteiger partial charge is 0.00676 e. The molecule has 1 N–H and O–H groups in total. The summed E-state index contributed by atoms with van der Waals surface area (Å²) in [4.78, 5) is 2.69. The van der Waals surface area contributed by atoms with Crippen molar-refractivity contribution >= 4 is 0 Å². The van der Waals surface area contributed by atoms with E-state index in [1.807, 2.05) is 0 Å². The van der Waals surface area contributed by atoms with Gasteiger partial charge in [-0.3, -0.25) is 0 Å². The molecule has 2 unspecified atom stereocenters. The number of rotatable bonds is 7. The summed E-state index contributed by atoms with van der Waals surface area (Å²) in [6.07, 6.45) is 5.40. The lowest BCUT2D eigenvalue weighted by Crippen LogP contribution is -2.44. The second-order valence-electron chi connectivity index (χ2n) is 6.56. The Morgan fingerprint density at radius 2 is 2.12 bits per heavy atom. The molecule has 0 aromatic heterocycles. The maximum Gasteiger partial charge on any atom is 0.00676 e. The monoisotopic (exact) mass is 240 g/mol. The third kappa shape index (κ3) is 4.97. The molecule has 1 heterocycles. The molecule has 0 aliphatic carbocycles. The van der Waals surface area contributed by atoms with Crippen molar-refractivity contribution in [2.45, 2.75) is 72.4 Å². The van der Waals surface area contributed by atoms with Crippen molar-refractivity contribution < 1.29 is 0 Å². The molecule has 1 rings (SSSR count). The van der Waals surface area contributed by atoms with E-state index in [1.54, 1.807) is 0 Å². The van der Waals surface area contributed by atoms with Crippen LogP contribution in [0.3, 0.4) is 0 Å². The fourth-order valence-corrected chi connectivity index (χ4v) is 3.00. The molecule has 17 heavy (non-hydrogen) atoms. The number of hydrogen-bond acceptors (Lipinski definition) is 2. The summed E-state index contributed by atoms with van der Waals surface area (Å²) in [5, 5.41) is 3.63. The lowest BCUT2D eigenvalue weighted by molar-refractivity contribution is 0.142. The molecule has 1 fully saturated rings. The van der Waals surface area contributed by atoms with E-state index in [-0.39, 0.29) is 0 Å². The Bertz CT molecular complexity index is 215. The van der Waals surface area contributed by atoms with Crippen molar-refractivity contribution in [3.8, 4) is 0 Å². The Labute approximate surface area is 108 Å². The number of nitrogens with one attached hydrogen (secondary N) is 1. The Morgan fingerprint density at radius 1 is 1.41 bits per heavy atom. The highest BCUT2D eigenvalue weighted by molar-refractivity contribution is 4.85. The van der Waals surface area contributed by atoms with Gasteiger partial charge in [-0.1, -0.05) is 34.1 Å². The topological polar surface area (TPSA) is 15.3 Å². The van der Waals surface area contributed by atoms with E-state index in [0.717, 1.165) is 12.6 Å². The average molecular weight is 240 g/mol. The minimum Gasteiger partial charge on any atom is -0.314 e. The normalized spacial score (nSPS) is 25.4. The van der Waals surface area contributed by atoms with Crippen LogP contribution in [0.4, 0.5) is 0 Å². The number of nitrogens with zero attached hydrogens (tertiary/aromatic N) is 1. The quantitative estimate of drug-likeness (QED) is 0.735. The minimum absolute atomic E-state index is 0.442. The molecule has 102 valence electrons. The molecule has 2 nitrogen and oxygen atoms in total. The first-order valence-corrected chi connectivity index (χ1v) is 7.44. The van der Waals surface area contributed by atoms with Gasteiger partial charge in [0.25, 0.3) is 0 Å². The van der Waals surface area contributed by atoms with Gasteiger partial charge in [0.2, 0.25) is 0 Å². The SMILES string of the molecule is CCCC(C)(CNC(C)C)CN1CCCC1C. The van der Waals surface area contributed by atoms with Crippen molar-refractivity contribution in [3.05, 3.63) is 0 Å². The van der Waals surface area contributed by atoms with Crippen LogP contribution in [-0.2, 0) is 0 Å². The number of likely N-dealkylation sites (tertiary alicyclic amines) is 1. The van der Waals surface area contributed by atoms with Crippen molar-refractivity contribution in [3.63, 3.8) is 0 Å². The highest BCUT2D eigenvalue weighted by Crippen LogP contribution is 2.28. The van der Waals surface area contributed by atoms with Crippen LogP contribution in [0.25, 0.3) is 0 Å². The van der Waals surface area contributed by atoms with Crippen LogP contribution < -0.4 is 5.32 Å². The average Bonchev–Trinajstić information content (AvgIpc) is 2.62. The van der Waals surface area contributed by atoms with Crippen LogP contribution in [0.15, 0.2) is 0 Å². The predicted octanol–water partition coefficient (Wildman–Crippen LogP) is 3.28. The first kappa shape index (κ1) is 15.0. The standard InChI is InChI=1S/C15H32N2/c1-6-9-15(5,11-16-13(2)3)12-17-10-7-8-14(17)4/h13-14,16H,6-12H2,1-5H3. The van der Waals surface area contributed by atoms with Crippen molar-refractivity contribution in [1.29, 1.82) is 0 Å². The van der Waals surface area contributed by atoms with Gasteiger partial charge >= 0.3 is 0 Å². The summed E-state index contributed by atoms with van der Waals surface area (Å²) >= 11 is 0. The summed E-state index contributed by atoms with van der Waals surface area (Å²) in [5.41, 5.74) is 0.442. The van der Waals surface area contributed by atoms with Gasteiger partial charge in [-0.2, -0.15) is 0 Å². The summed E-state index contributed by atoms with van der Waals surface area (Å²) < 4.78 is 0. The molecule has 0 bridgehead atoms. The van der Waals surface area contributed by atoms with Gasteiger partial charge in [0, 0.05) is 25.2 Å². The highest BCUT2D eigenvalue weighted by Gasteiger charge is 2.30. The van der Waals surface area contributed by atoms with Crippen LogP contribution in [0, 0.1) is 5.41 Å². The highest BCUT2D eigenvalue weighted by atomic mass is 15.2. The summed E-state index contributed by atoms with van der Waals surface area (Å²) in [7, 11) is 0. The maximum atomic E-state index is 3.63. The van der Waals surface area contributed by atoms with Gasteiger partial charge in [-0.05, 0) is 38.1 Å². The molecule has 2 atom stereocenters. The second-order valence-corrected chi connectivity index (χ2v) is 6.56. The zero-order valence-corrected chi connectivity index (χ0v) is 12.6. The van der Waals surface area contributed by atoms with Crippen molar-refractivity contribution in [2.24, 2.45) is 5.41 Å². The van der Waals surface area contributed by atoms with Crippen LogP contribution >= 0.6 is 0 Å². The Kier molecular flexibility index (Phi) is 5.94. The summed E-state index contributed by atoms with van der Waals surface area (Å²) in [5.74, 6) is 0. The van der Waals surface area contributed by atoms with E-state index >= 15 is 0 Å². The molecule has 0 amide bonds. The number of hydrogen-bond donors (Lipinski definition) is 1. The Morgan fingerprint density at radius 3 is 2.59 bits per heavy atom. The lowest BCUT2D eigenvalue weighted by Gasteiger charge is -2.36. The molecule has 2 heteroatoms. The van der Waals surface area contributed by atoms with Gasteiger partial charge in [-0.15, -0.1) is 0 Å². The van der Waals surface area contributed by atoms with E-state index in [2.05, 4.69) is 44.8 Å². The minimum atomic E-state index is 0.442. The van der Waals surface area contributed by atoms with E-state index in [9.17, 15) is 0 Å². The first-order chi connectivity index (χ1) is 7.97. The van der Waals surface area contributed by atoms with Gasteiger partial charge in [-0.25, -0.2) is 0 Å². The molecule has 1 aliphatic heterocycles. The van der Waals surface area contributed by atoms with Crippen LogP contribution in [0.5, 0.6) is 0 Å². The fraction of sp³-hybridized carbons (Fsp3) is 1.00. The van der Waals surface area contributed by atoms with E-state index in [0.29, 0.717) is 11.5 Å². The van der Waals surface area contributed by atoms with E-state index < -0.39 is 0 Å². The zero-order valence-electron chi connectivity index (χ0n) is 12.6. The molecular formula is C15H32N2. The van der Waals surface area contributed by atoms with Crippen LogP contribution in [0.2, 0.25) is 0 Å². The largest absolute Gasteiger partial charge is 0.314 e. The third-order valence-electron chi connectivity index (χ3n) is 4.07. The predicted molar refractivity (Wildman–Crippen MR) is 76.4 cm³/mol. The lowest BCUT2D eigenvalue weighted by atomic mass is 9.84. The van der Waals surface area contributed by atoms with Gasteiger partial charge in [0.05, 0.1) is 0 Å². The summed E-state index contributed by atoms with van der Waals surface area (Å²) in [6, 6.07) is 1.40.